The van der Waals surface area contributed by atoms with E-state index in [1.165, 1.54) is 0 Å². The quantitative estimate of drug-likeness (QED) is 0.779. The minimum atomic E-state index is -0.392. The number of esters is 1. The lowest BCUT2D eigenvalue weighted by atomic mass is 10.1. The predicted molar refractivity (Wildman–Crippen MR) is 94.5 cm³/mol. The molecule has 1 N–H and O–H groups in total. The van der Waals surface area contributed by atoms with Gasteiger partial charge in [0.15, 0.2) is 11.5 Å². The zero-order valence-corrected chi connectivity index (χ0v) is 14.5. The first-order valence-electron chi connectivity index (χ1n) is 7.98. The molecule has 0 fully saturated rings. The van der Waals surface area contributed by atoms with Crippen molar-refractivity contribution in [2.45, 2.75) is 13.8 Å². The van der Waals surface area contributed by atoms with E-state index in [9.17, 15) is 9.59 Å². The Bertz CT molecular complexity index is 740. The van der Waals surface area contributed by atoms with Crippen molar-refractivity contribution in [2.24, 2.45) is 0 Å². The zero-order valence-electron chi connectivity index (χ0n) is 14.5. The molecule has 25 heavy (non-hydrogen) atoms. The molecule has 0 aliphatic heterocycles. The molecule has 6 heteroatoms. The van der Waals surface area contributed by atoms with Crippen LogP contribution in [0.4, 0.5) is 5.69 Å². The molecule has 0 atom stereocenters. The summed E-state index contributed by atoms with van der Waals surface area (Å²) < 4.78 is 15.6. The largest absolute Gasteiger partial charge is 0.493 e. The monoisotopic (exact) mass is 343 g/mol. The molecule has 0 heterocycles. The number of rotatable bonds is 7. The molecule has 0 spiro atoms. The first kappa shape index (κ1) is 18.3. The van der Waals surface area contributed by atoms with Gasteiger partial charge < -0.3 is 19.5 Å². The molecule has 0 unspecified atom stereocenters. The number of ether oxygens (including phenoxy) is 3. The van der Waals surface area contributed by atoms with Gasteiger partial charge in [-0.2, -0.15) is 0 Å². The van der Waals surface area contributed by atoms with E-state index in [1.54, 1.807) is 56.5 Å². The maximum atomic E-state index is 12.4. The zero-order chi connectivity index (χ0) is 18.2. The van der Waals surface area contributed by atoms with Gasteiger partial charge in [0.1, 0.15) is 0 Å². The normalized spacial score (nSPS) is 10.0. The molecule has 0 saturated heterocycles. The van der Waals surface area contributed by atoms with E-state index in [1.807, 2.05) is 6.92 Å². The number of nitrogens with one attached hydrogen (secondary N) is 1. The van der Waals surface area contributed by atoms with Gasteiger partial charge in [-0.3, -0.25) is 4.79 Å². The molecule has 0 bridgehead atoms. The van der Waals surface area contributed by atoms with Crippen molar-refractivity contribution in [1.29, 1.82) is 0 Å². The van der Waals surface area contributed by atoms with Gasteiger partial charge in [-0.1, -0.05) is 0 Å². The van der Waals surface area contributed by atoms with E-state index in [-0.39, 0.29) is 5.91 Å². The Hall–Kier alpha value is -3.02. The fraction of sp³-hybridized carbons (Fsp3) is 0.263. The van der Waals surface area contributed by atoms with Crippen LogP contribution in [-0.4, -0.2) is 32.2 Å². The molecular weight excluding hydrogens is 322 g/mol. The third kappa shape index (κ3) is 4.73. The van der Waals surface area contributed by atoms with E-state index < -0.39 is 5.97 Å². The average molecular weight is 343 g/mol. The molecule has 0 saturated carbocycles. The molecule has 0 aromatic heterocycles. The van der Waals surface area contributed by atoms with E-state index >= 15 is 0 Å². The number of carbonyl (C=O) groups excluding carboxylic acids is 2. The summed E-state index contributed by atoms with van der Waals surface area (Å²) in [6.45, 7) is 4.39. The number of hydrogen-bond donors (Lipinski definition) is 1. The van der Waals surface area contributed by atoms with Crippen LogP contribution in [0.2, 0.25) is 0 Å². The van der Waals surface area contributed by atoms with Gasteiger partial charge in [-0.15, -0.1) is 0 Å². The van der Waals surface area contributed by atoms with Crippen LogP contribution in [0.15, 0.2) is 42.5 Å². The lowest BCUT2D eigenvalue weighted by Gasteiger charge is -2.11. The van der Waals surface area contributed by atoms with Gasteiger partial charge in [0.2, 0.25) is 0 Å². The molecule has 0 aliphatic carbocycles. The van der Waals surface area contributed by atoms with Crippen LogP contribution in [0.1, 0.15) is 34.6 Å². The summed E-state index contributed by atoms with van der Waals surface area (Å²) in [6.07, 6.45) is 0. The maximum absolute atomic E-state index is 12.4. The summed E-state index contributed by atoms with van der Waals surface area (Å²) in [4.78, 5) is 24.0. The summed E-state index contributed by atoms with van der Waals surface area (Å²) in [5.41, 5.74) is 1.45. The van der Waals surface area contributed by atoms with Crippen LogP contribution >= 0.6 is 0 Å². The first-order valence-corrected chi connectivity index (χ1v) is 7.98. The summed E-state index contributed by atoms with van der Waals surface area (Å²) in [6, 6.07) is 11.5. The molecular formula is C19H21NO5. The molecule has 1 amide bonds. The topological polar surface area (TPSA) is 73.9 Å². The number of carbonyl (C=O) groups is 2. The minimum absolute atomic E-state index is 0.285. The van der Waals surface area contributed by atoms with Crippen LogP contribution in [0, 0.1) is 0 Å². The van der Waals surface area contributed by atoms with E-state index in [2.05, 4.69) is 5.32 Å². The maximum Gasteiger partial charge on any atom is 0.338 e. The highest BCUT2D eigenvalue weighted by Crippen LogP contribution is 2.28. The number of methoxy groups -OCH3 is 1. The summed E-state index contributed by atoms with van der Waals surface area (Å²) in [5.74, 6) is 0.400. The van der Waals surface area contributed by atoms with Crippen LogP contribution in [0.5, 0.6) is 11.5 Å². The van der Waals surface area contributed by atoms with Crippen molar-refractivity contribution in [3.8, 4) is 11.5 Å². The SMILES string of the molecule is CCOC(=O)c1ccc(NC(=O)c2ccc(OC)c(OCC)c2)cc1. The average Bonchev–Trinajstić information content (AvgIpc) is 2.62. The van der Waals surface area contributed by atoms with Gasteiger partial charge in [0, 0.05) is 11.3 Å². The summed E-state index contributed by atoms with van der Waals surface area (Å²) >= 11 is 0. The van der Waals surface area contributed by atoms with Gasteiger partial charge >= 0.3 is 5.97 Å². The Balaban J connectivity index is 2.11. The molecule has 0 aliphatic rings. The summed E-state index contributed by atoms with van der Waals surface area (Å²) in [5, 5.41) is 2.78. The molecule has 0 radical (unpaired) electrons. The third-order valence-corrected chi connectivity index (χ3v) is 3.38. The van der Waals surface area contributed by atoms with E-state index in [0.717, 1.165) is 0 Å². The summed E-state index contributed by atoms with van der Waals surface area (Å²) in [7, 11) is 1.54. The standard InChI is InChI=1S/C19H21NO5/c1-4-24-17-12-14(8-11-16(17)23-3)18(21)20-15-9-6-13(7-10-15)19(22)25-5-2/h6-12H,4-5H2,1-3H3,(H,20,21). The van der Waals surface area contributed by atoms with Gasteiger partial charge in [-0.05, 0) is 56.3 Å². The van der Waals surface area contributed by atoms with Crippen molar-refractivity contribution < 1.29 is 23.8 Å². The molecule has 6 nitrogen and oxygen atoms in total. The molecule has 2 aromatic rings. The van der Waals surface area contributed by atoms with Crippen LogP contribution in [0.25, 0.3) is 0 Å². The van der Waals surface area contributed by atoms with Crippen LogP contribution in [-0.2, 0) is 4.74 Å². The Morgan fingerprint density at radius 3 is 2.20 bits per heavy atom. The van der Waals surface area contributed by atoms with Crippen LogP contribution in [0.3, 0.4) is 0 Å². The van der Waals surface area contributed by atoms with Gasteiger partial charge in [-0.25, -0.2) is 4.79 Å². The van der Waals surface area contributed by atoms with Crippen molar-refractivity contribution in [2.75, 3.05) is 25.6 Å². The van der Waals surface area contributed by atoms with E-state index in [0.29, 0.717) is 41.5 Å². The van der Waals surface area contributed by atoms with Gasteiger partial charge in [0.25, 0.3) is 5.91 Å². The molecule has 132 valence electrons. The van der Waals surface area contributed by atoms with Crippen molar-refractivity contribution in [1.82, 2.24) is 0 Å². The second-order valence-corrected chi connectivity index (χ2v) is 5.05. The van der Waals surface area contributed by atoms with Gasteiger partial charge in [0.05, 0.1) is 25.9 Å². The first-order chi connectivity index (χ1) is 12.1. The number of anilines is 1. The fourth-order valence-corrected chi connectivity index (χ4v) is 2.19. The third-order valence-electron chi connectivity index (χ3n) is 3.38. The van der Waals surface area contributed by atoms with Crippen molar-refractivity contribution in [3.63, 3.8) is 0 Å². The minimum Gasteiger partial charge on any atom is -0.493 e. The Morgan fingerprint density at radius 1 is 0.920 bits per heavy atom. The second-order valence-electron chi connectivity index (χ2n) is 5.05. The lowest BCUT2D eigenvalue weighted by molar-refractivity contribution is 0.0526. The Kier molecular flexibility index (Phi) is 6.39. The molecule has 2 rings (SSSR count). The number of benzene rings is 2. The lowest BCUT2D eigenvalue weighted by Crippen LogP contribution is -2.12. The molecule has 2 aromatic carbocycles. The highest BCUT2D eigenvalue weighted by Gasteiger charge is 2.12. The fourth-order valence-electron chi connectivity index (χ4n) is 2.19. The number of amides is 1. The smallest absolute Gasteiger partial charge is 0.338 e. The Labute approximate surface area is 146 Å². The number of hydrogen-bond acceptors (Lipinski definition) is 5. The second kappa shape index (κ2) is 8.73. The van der Waals surface area contributed by atoms with Crippen molar-refractivity contribution in [3.05, 3.63) is 53.6 Å². The Morgan fingerprint density at radius 2 is 1.60 bits per heavy atom. The van der Waals surface area contributed by atoms with Crippen LogP contribution < -0.4 is 14.8 Å². The predicted octanol–water partition coefficient (Wildman–Crippen LogP) is 3.52. The highest BCUT2D eigenvalue weighted by atomic mass is 16.5. The highest BCUT2D eigenvalue weighted by molar-refractivity contribution is 6.04. The van der Waals surface area contributed by atoms with Crippen molar-refractivity contribution >= 4 is 17.6 Å². The van der Waals surface area contributed by atoms with E-state index in [4.69, 9.17) is 14.2 Å².